The third-order valence-electron chi connectivity index (χ3n) is 4.37. The fourth-order valence-electron chi connectivity index (χ4n) is 3.27. The van der Waals surface area contributed by atoms with E-state index >= 15 is 0 Å². The number of carboxylic acid groups (broad SMARTS) is 1. The Morgan fingerprint density at radius 2 is 1.62 bits per heavy atom. The predicted octanol–water partition coefficient (Wildman–Crippen LogP) is 4.61. The molecule has 0 radical (unpaired) electrons. The fraction of sp³-hybridized carbons (Fsp3) is 0.409. The summed E-state index contributed by atoms with van der Waals surface area (Å²) in [6.45, 7) is 11.5. The van der Waals surface area contributed by atoms with Crippen LogP contribution in [0.15, 0.2) is 47.4 Å². The molecule has 0 bridgehead atoms. The number of hydrogen-bond donors (Lipinski definition) is 2. The molecule has 0 amide bonds. The van der Waals surface area contributed by atoms with E-state index in [1.807, 2.05) is 0 Å². The molecule has 0 aliphatic carbocycles. The summed E-state index contributed by atoms with van der Waals surface area (Å²) in [6.07, 6.45) is 0. The molecule has 0 fully saturated rings. The lowest BCUT2D eigenvalue weighted by Crippen LogP contribution is -2.32. The molecular weight excluding hydrogens is 388 g/mol. The minimum atomic E-state index is -3.81. The minimum Gasteiger partial charge on any atom is -0.478 e. The number of benzene rings is 2. The number of nitrogens with one attached hydrogen (secondary N) is 1. The highest BCUT2D eigenvalue weighted by atomic mass is 32.2. The van der Waals surface area contributed by atoms with Gasteiger partial charge in [0.15, 0.2) is 0 Å². The lowest BCUT2D eigenvalue weighted by Gasteiger charge is -2.30. The summed E-state index contributed by atoms with van der Waals surface area (Å²) in [6, 6.07) is 11.4. The van der Waals surface area contributed by atoms with Crippen molar-refractivity contribution in [2.75, 3.05) is 22.7 Å². The normalized spacial score (nSPS) is 11.7. The molecular formula is C22H30N2O4S. The number of carboxylic acids is 1. The third kappa shape index (κ3) is 5.97. The second-order valence-corrected chi connectivity index (χ2v) is 9.75. The van der Waals surface area contributed by atoms with Crippen LogP contribution in [0.3, 0.4) is 0 Å². The van der Waals surface area contributed by atoms with Crippen LogP contribution in [0.5, 0.6) is 0 Å². The van der Waals surface area contributed by atoms with Gasteiger partial charge in [0.05, 0.1) is 16.1 Å². The second kappa shape index (κ2) is 9.31. The molecule has 0 unspecified atom stereocenters. The zero-order chi connectivity index (χ0) is 21.8. The number of rotatable bonds is 9. The highest BCUT2D eigenvalue weighted by Gasteiger charge is 2.21. The predicted molar refractivity (Wildman–Crippen MR) is 117 cm³/mol. The second-order valence-electron chi connectivity index (χ2n) is 8.10. The van der Waals surface area contributed by atoms with E-state index in [1.165, 1.54) is 12.1 Å². The van der Waals surface area contributed by atoms with Crippen molar-refractivity contribution in [3.8, 4) is 0 Å². The van der Waals surface area contributed by atoms with Gasteiger partial charge >= 0.3 is 5.97 Å². The molecule has 0 aliphatic rings. The zero-order valence-corrected chi connectivity index (χ0v) is 18.5. The molecule has 0 saturated heterocycles. The van der Waals surface area contributed by atoms with Crippen LogP contribution in [0.25, 0.3) is 0 Å². The van der Waals surface area contributed by atoms with E-state index in [0.29, 0.717) is 36.2 Å². The van der Waals surface area contributed by atoms with Crippen LogP contribution >= 0.6 is 0 Å². The molecule has 0 aliphatic heterocycles. The van der Waals surface area contributed by atoms with Gasteiger partial charge in [0.25, 0.3) is 10.0 Å². The molecule has 2 rings (SSSR count). The number of aryl methyl sites for hydroxylation is 1. The maximum atomic E-state index is 12.7. The maximum absolute atomic E-state index is 12.7. The lowest BCUT2D eigenvalue weighted by atomic mass is 10.1. The van der Waals surface area contributed by atoms with Crippen molar-refractivity contribution in [1.29, 1.82) is 0 Å². The van der Waals surface area contributed by atoms with Crippen LogP contribution in [-0.2, 0) is 10.0 Å². The van der Waals surface area contributed by atoms with Gasteiger partial charge in [0.2, 0.25) is 0 Å². The number of hydrogen-bond acceptors (Lipinski definition) is 4. The monoisotopic (exact) mass is 418 g/mol. The van der Waals surface area contributed by atoms with Gasteiger partial charge in [-0.05, 0) is 48.6 Å². The van der Waals surface area contributed by atoms with Gasteiger partial charge in [-0.1, -0.05) is 45.9 Å². The van der Waals surface area contributed by atoms with Gasteiger partial charge in [0, 0.05) is 18.8 Å². The van der Waals surface area contributed by atoms with Crippen molar-refractivity contribution in [2.45, 2.75) is 39.5 Å². The van der Waals surface area contributed by atoms with Crippen molar-refractivity contribution >= 4 is 27.4 Å². The molecule has 0 atom stereocenters. The average Bonchev–Trinajstić information content (AvgIpc) is 2.60. The van der Waals surface area contributed by atoms with Gasteiger partial charge in [-0.25, -0.2) is 13.2 Å². The molecule has 0 saturated carbocycles. The van der Waals surface area contributed by atoms with Crippen LogP contribution in [0.1, 0.15) is 43.6 Å². The average molecular weight is 419 g/mol. The van der Waals surface area contributed by atoms with Crippen LogP contribution in [0.4, 0.5) is 11.4 Å². The van der Waals surface area contributed by atoms with Crippen molar-refractivity contribution in [1.82, 2.24) is 0 Å². The van der Waals surface area contributed by atoms with Crippen molar-refractivity contribution in [3.63, 3.8) is 0 Å². The Morgan fingerprint density at radius 1 is 1.03 bits per heavy atom. The molecule has 29 heavy (non-hydrogen) atoms. The Hall–Kier alpha value is -2.54. The van der Waals surface area contributed by atoms with Crippen LogP contribution in [-0.4, -0.2) is 32.6 Å². The van der Waals surface area contributed by atoms with E-state index in [4.69, 9.17) is 0 Å². The largest absolute Gasteiger partial charge is 0.478 e. The fourth-order valence-corrected chi connectivity index (χ4v) is 4.56. The summed E-state index contributed by atoms with van der Waals surface area (Å²) in [5.74, 6) is -0.376. The first kappa shape index (κ1) is 22.7. The van der Waals surface area contributed by atoms with E-state index in [2.05, 4.69) is 37.3 Å². The first-order valence-electron chi connectivity index (χ1n) is 9.72. The summed E-state index contributed by atoms with van der Waals surface area (Å²) in [4.78, 5) is 14.2. The zero-order valence-electron chi connectivity index (χ0n) is 17.6. The molecule has 7 heteroatoms. The maximum Gasteiger partial charge on any atom is 0.337 e. The lowest BCUT2D eigenvalue weighted by molar-refractivity contribution is 0.0697. The molecule has 158 valence electrons. The van der Waals surface area contributed by atoms with Crippen molar-refractivity contribution in [2.24, 2.45) is 11.8 Å². The standard InChI is InChI=1S/C22H30N2O4S/c1-15(2)13-24(14-16(3)4)20-11-10-18(12-19(20)22(25)26)23-29(27,28)21-9-7-6-8-17(21)5/h6-12,15-16,23H,13-14H2,1-5H3,(H,25,26). The van der Waals surface area contributed by atoms with E-state index < -0.39 is 16.0 Å². The van der Waals surface area contributed by atoms with Gasteiger partial charge in [-0.15, -0.1) is 0 Å². The Kier molecular flexibility index (Phi) is 7.30. The first-order chi connectivity index (χ1) is 13.5. The molecule has 2 aromatic rings. The van der Waals surface area contributed by atoms with Gasteiger partial charge in [0.1, 0.15) is 0 Å². The summed E-state index contributed by atoms with van der Waals surface area (Å²) in [5, 5.41) is 9.76. The smallest absolute Gasteiger partial charge is 0.337 e. The van der Waals surface area contributed by atoms with E-state index in [1.54, 1.807) is 37.3 Å². The molecule has 0 spiro atoms. The van der Waals surface area contributed by atoms with E-state index in [-0.39, 0.29) is 16.1 Å². The SMILES string of the molecule is Cc1ccccc1S(=O)(=O)Nc1ccc(N(CC(C)C)CC(C)C)c(C(=O)O)c1. The number of nitrogens with zero attached hydrogens (tertiary/aromatic N) is 1. The number of carbonyl (C=O) groups is 1. The molecule has 0 heterocycles. The Labute approximate surface area is 173 Å². The topological polar surface area (TPSA) is 86.7 Å². The first-order valence-corrected chi connectivity index (χ1v) is 11.2. The molecule has 0 aromatic heterocycles. The molecule has 2 N–H and O–H groups in total. The minimum absolute atomic E-state index is 0.0799. The number of anilines is 2. The molecule has 6 nitrogen and oxygen atoms in total. The van der Waals surface area contributed by atoms with Crippen molar-refractivity contribution < 1.29 is 18.3 Å². The molecule has 2 aromatic carbocycles. The van der Waals surface area contributed by atoms with Gasteiger partial charge < -0.3 is 10.0 Å². The van der Waals surface area contributed by atoms with Crippen molar-refractivity contribution in [3.05, 3.63) is 53.6 Å². The number of aromatic carboxylic acids is 1. The highest BCUT2D eigenvalue weighted by Crippen LogP contribution is 2.28. The Balaban J connectivity index is 2.43. The van der Waals surface area contributed by atoms with Crippen LogP contribution in [0.2, 0.25) is 0 Å². The highest BCUT2D eigenvalue weighted by molar-refractivity contribution is 7.92. The quantitative estimate of drug-likeness (QED) is 0.621. The van der Waals surface area contributed by atoms with E-state index in [9.17, 15) is 18.3 Å². The van der Waals surface area contributed by atoms with Gasteiger partial charge in [-0.2, -0.15) is 0 Å². The number of sulfonamides is 1. The summed E-state index contributed by atoms with van der Waals surface area (Å²) in [5.41, 5.74) is 1.52. The summed E-state index contributed by atoms with van der Waals surface area (Å²) in [7, 11) is -3.81. The summed E-state index contributed by atoms with van der Waals surface area (Å²) < 4.78 is 28.0. The Bertz CT molecular complexity index is 959. The Morgan fingerprint density at radius 3 is 2.14 bits per heavy atom. The summed E-state index contributed by atoms with van der Waals surface area (Å²) >= 11 is 0. The third-order valence-corrected chi connectivity index (χ3v) is 5.92. The van der Waals surface area contributed by atoms with Crippen LogP contribution in [0, 0.1) is 18.8 Å². The van der Waals surface area contributed by atoms with Gasteiger partial charge in [-0.3, -0.25) is 4.72 Å². The van der Waals surface area contributed by atoms with Crippen LogP contribution < -0.4 is 9.62 Å². The van der Waals surface area contributed by atoms with E-state index in [0.717, 1.165) is 0 Å².